The zero-order chi connectivity index (χ0) is 27.3. The van der Waals surface area contributed by atoms with Gasteiger partial charge in [-0.15, -0.1) is 0 Å². The van der Waals surface area contributed by atoms with E-state index in [1.807, 2.05) is 0 Å². The van der Waals surface area contributed by atoms with E-state index in [-0.39, 0.29) is 29.7 Å². The molecular formula is C32H46N2O4. The van der Waals surface area contributed by atoms with E-state index in [1.165, 1.54) is 52.6 Å². The molecule has 5 rings (SSSR count). The molecule has 0 saturated heterocycles. The highest BCUT2D eigenvalue weighted by Crippen LogP contribution is 2.49. The first kappa shape index (κ1) is 27.4. The van der Waals surface area contributed by atoms with Crippen molar-refractivity contribution in [2.45, 2.75) is 103 Å². The molecule has 0 atom stereocenters. The summed E-state index contributed by atoms with van der Waals surface area (Å²) in [5, 5.41) is 20.0. The molecule has 6 nitrogen and oxygen atoms in total. The van der Waals surface area contributed by atoms with Crippen LogP contribution in [0, 0.1) is 13.8 Å². The first-order chi connectivity index (χ1) is 18.0. The van der Waals surface area contributed by atoms with Gasteiger partial charge in [-0.1, -0.05) is 31.4 Å². The number of nitrogens with zero attached hydrogens (tertiary/aromatic N) is 2. The Balaban J connectivity index is 1.58. The molecular weight excluding hydrogens is 476 g/mol. The Bertz CT molecular complexity index is 1100. The van der Waals surface area contributed by atoms with E-state index in [2.05, 4.69) is 75.6 Å². The lowest BCUT2D eigenvalue weighted by Gasteiger charge is -2.43. The molecule has 0 unspecified atom stereocenters. The molecule has 38 heavy (non-hydrogen) atoms. The van der Waals surface area contributed by atoms with E-state index in [0.29, 0.717) is 13.5 Å². The SMILES string of the molecule is Cc1cc(C2(c3cc(C)c4c(c3)CN(C(C)(C)CO)CO4)CCCCC2)cc2c1OCN(C(C)(C)CO)C2. The van der Waals surface area contributed by atoms with Crippen molar-refractivity contribution in [3.05, 3.63) is 57.6 Å². The van der Waals surface area contributed by atoms with Crippen LogP contribution in [-0.2, 0) is 18.5 Å². The number of ether oxygens (including phenoxy) is 2. The largest absolute Gasteiger partial charge is 0.477 e. The van der Waals surface area contributed by atoms with Crippen molar-refractivity contribution in [1.29, 1.82) is 0 Å². The van der Waals surface area contributed by atoms with E-state index in [0.717, 1.165) is 37.4 Å². The molecule has 208 valence electrons. The quantitative estimate of drug-likeness (QED) is 0.530. The summed E-state index contributed by atoms with van der Waals surface area (Å²) in [6.45, 7) is 15.3. The van der Waals surface area contributed by atoms with Crippen LogP contribution in [0.1, 0.15) is 93.2 Å². The van der Waals surface area contributed by atoms with E-state index in [9.17, 15) is 10.2 Å². The van der Waals surface area contributed by atoms with Gasteiger partial charge in [0.25, 0.3) is 0 Å². The Kier molecular flexibility index (Phi) is 7.31. The molecule has 0 radical (unpaired) electrons. The second-order valence-corrected chi connectivity index (χ2v) is 13.1. The highest BCUT2D eigenvalue weighted by molar-refractivity contribution is 5.54. The highest BCUT2D eigenvalue weighted by atomic mass is 16.5. The fraction of sp³-hybridized carbons (Fsp3) is 0.625. The molecule has 0 amide bonds. The summed E-state index contributed by atoms with van der Waals surface area (Å²) >= 11 is 0. The van der Waals surface area contributed by atoms with Crippen molar-refractivity contribution < 1.29 is 19.7 Å². The van der Waals surface area contributed by atoms with Crippen molar-refractivity contribution in [1.82, 2.24) is 9.80 Å². The summed E-state index contributed by atoms with van der Waals surface area (Å²) in [5.74, 6) is 2.00. The maximum atomic E-state index is 9.98. The Labute approximate surface area is 228 Å². The van der Waals surface area contributed by atoms with E-state index in [4.69, 9.17) is 9.47 Å². The number of aliphatic hydroxyl groups is 2. The van der Waals surface area contributed by atoms with Gasteiger partial charge < -0.3 is 19.7 Å². The second kappa shape index (κ2) is 10.1. The first-order valence-electron chi connectivity index (χ1n) is 14.3. The molecule has 2 heterocycles. The van der Waals surface area contributed by atoms with Gasteiger partial charge in [0.15, 0.2) is 0 Å². The van der Waals surface area contributed by atoms with Gasteiger partial charge in [-0.25, -0.2) is 0 Å². The minimum atomic E-state index is -0.339. The summed E-state index contributed by atoms with van der Waals surface area (Å²) in [5.41, 5.74) is 6.84. The Morgan fingerprint density at radius 1 is 0.711 bits per heavy atom. The third kappa shape index (κ3) is 4.74. The number of benzene rings is 2. The molecule has 2 aromatic rings. The Morgan fingerprint density at radius 2 is 1.13 bits per heavy atom. The summed E-state index contributed by atoms with van der Waals surface area (Å²) in [6, 6.07) is 9.51. The number of aliphatic hydroxyl groups excluding tert-OH is 2. The lowest BCUT2D eigenvalue weighted by atomic mass is 9.64. The number of fused-ring (bicyclic) bond motifs is 2. The smallest absolute Gasteiger partial charge is 0.142 e. The predicted octanol–water partition coefficient (Wildman–Crippen LogP) is 5.40. The molecule has 3 aliphatic rings. The predicted molar refractivity (Wildman–Crippen MR) is 151 cm³/mol. The number of aryl methyl sites for hydroxylation is 2. The van der Waals surface area contributed by atoms with Crippen molar-refractivity contribution in [3.8, 4) is 11.5 Å². The fourth-order valence-electron chi connectivity index (χ4n) is 6.56. The molecule has 2 aromatic carbocycles. The zero-order valence-corrected chi connectivity index (χ0v) is 24.2. The van der Waals surface area contributed by atoms with Crippen LogP contribution in [0.25, 0.3) is 0 Å². The lowest BCUT2D eigenvalue weighted by molar-refractivity contribution is -0.0171. The minimum absolute atomic E-state index is 0.0542. The molecule has 0 spiro atoms. The second-order valence-electron chi connectivity index (χ2n) is 13.1. The molecule has 2 N–H and O–H groups in total. The maximum Gasteiger partial charge on any atom is 0.142 e. The monoisotopic (exact) mass is 522 g/mol. The molecule has 0 aromatic heterocycles. The summed E-state index contributed by atoms with van der Waals surface area (Å²) in [6.07, 6.45) is 5.96. The Hall–Kier alpha value is -2.12. The molecule has 2 aliphatic heterocycles. The van der Waals surface area contributed by atoms with Gasteiger partial charge in [-0.3, -0.25) is 9.80 Å². The molecule has 1 saturated carbocycles. The Morgan fingerprint density at radius 3 is 1.53 bits per heavy atom. The molecule has 0 bridgehead atoms. The first-order valence-corrected chi connectivity index (χ1v) is 14.3. The van der Waals surface area contributed by atoms with Crippen LogP contribution < -0.4 is 9.47 Å². The third-order valence-corrected chi connectivity index (χ3v) is 9.45. The van der Waals surface area contributed by atoms with Gasteiger partial charge in [0.05, 0.1) is 13.2 Å². The summed E-state index contributed by atoms with van der Waals surface area (Å²) in [4.78, 5) is 4.45. The lowest BCUT2D eigenvalue weighted by Crippen LogP contribution is -2.50. The summed E-state index contributed by atoms with van der Waals surface area (Å²) < 4.78 is 12.5. The van der Waals surface area contributed by atoms with Crippen molar-refractivity contribution in [2.75, 3.05) is 26.7 Å². The van der Waals surface area contributed by atoms with Gasteiger partial charge in [-0.05, 0) is 88.8 Å². The van der Waals surface area contributed by atoms with Crippen LogP contribution >= 0.6 is 0 Å². The van der Waals surface area contributed by atoms with Crippen molar-refractivity contribution in [2.24, 2.45) is 0 Å². The molecule has 6 heteroatoms. The van der Waals surface area contributed by atoms with Crippen molar-refractivity contribution >= 4 is 0 Å². The third-order valence-electron chi connectivity index (χ3n) is 9.45. The number of hydrogen-bond acceptors (Lipinski definition) is 6. The van der Waals surface area contributed by atoms with E-state index < -0.39 is 0 Å². The molecule has 1 aliphatic carbocycles. The average molecular weight is 523 g/mol. The van der Waals surface area contributed by atoms with Gasteiger partial charge in [0, 0.05) is 40.7 Å². The van der Waals surface area contributed by atoms with Gasteiger partial charge in [0.1, 0.15) is 25.0 Å². The highest BCUT2D eigenvalue weighted by Gasteiger charge is 2.40. The van der Waals surface area contributed by atoms with Crippen LogP contribution in [0.3, 0.4) is 0 Å². The van der Waals surface area contributed by atoms with E-state index in [1.54, 1.807) is 0 Å². The normalized spacial score (nSPS) is 20.3. The van der Waals surface area contributed by atoms with Crippen LogP contribution in [0.15, 0.2) is 24.3 Å². The molecule has 1 fully saturated rings. The van der Waals surface area contributed by atoms with Crippen LogP contribution in [0.5, 0.6) is 11.5 Å². The van der Waals surface area contributed by atoms with Crippen LogP contribution in [0.2, 0.25) is 0 Å². The maximum absolute atomic E-state index is 9.98. The van der Waals surface area contributed by atoms with Crippen LogP contribution in [0.4, 0.5) is 0 Å². The summed E-state index contributed by atoms with van der Waals surface area (Å²) in [7, 11) is 0. The van der Waals surface area contributed by atoms with Crippen LogP contribution in [-0.4, -0.2) is 57.8 Å². The van der Waals surface area contributed by atoms with Gasteiger partial charge in [0.2, 0.25) is 0 Å². The number of rotatable bonds is 6. The topological polar surface area (TPSA) is 65.4 Å². The zero-order valence-electron chi connectivity index (χ0n) is 24.2. The fourth-order valence-corrected chi connectivity index (χ4v) is 6.56. The minimum Gasteiger partial charge on any atom is -0.477 e. The van der Waals surface area contributed by atoms with Gasteiger partial charge in [-0.2, -0.15) is 0 Å². The average Bonchev–Trinajstić information content (AvgIpc) is 2.92. The van der Waals surface area contributed by atoms with Crippen molar-refractivity contribution in [3.63, 3.8) is 0 Å². The van der Waals surface area contributed by atoms with E-state index >= 15 is 0 Å². The number of hydrogen-bond donors (Lipinski definition) is 2. The standard InChI is InChI=1S/C32H46N2O4/c1-22-12-26(14-24-16-33(20-37-28(22)24)30(3,4)18-35)32(10-8-7-9-11-32)27-13-23(2)29-25(15-27)17-34(21-38-29)31(5,6)19-36/h12-15,35-36H,7-11,16-21H2,1-6H3. The van der Waals surface area contributed by atoms with Gasteiger partial charge >= 0.3 is 0 Å².